The summed E-state index contributed by atoms with van der Waals surface area (Å²) in [5, 5.41) is 12.9. The van der Waals surface area contributed by atoms with E-state index >= 15 is 0 Å². The first-order valence-corrected chi connectivity index (χ1v) is 5.25. The van der Waals surface area contributed by atoms with Crippen molar-refractivity contribution in [3.05, 3.63) is 24.0 Å². The maximum Gasteiger partial charge on any atom is 0.0692 e. The summed E-state index contributed by atoms with van der Waals surface area (Å²) in [6.07, 6.45) is 6.39. The third-order valence-corrected chi connectivity index (χ3v) is 2.74. The lowest BCUT2D eigenvalue weighted by Gasteiger charge is -2.09. The second-order valence-corrected chi connectivity index (χ2v) is 4.22. The lowest BCUT2D eigenvalue weighted by Crippen LogP contribution is -2.27. The van der Waals surface area contributed by atoms with Crippen LogP contribution in [0.3, 0.4) is 0 Å². The molecule has 1 aromatic rings. The van der Waals surface area contributed by atoms with E-state index in [0.29, 0.717) is 5.92 Å². The largest absolute Gasteiger partial charge is 0.392 e. The van der Waals surface area contributed by atoms with Crippen molar-refractivity contribution in [3.8, 4) is 0 Å². The van der Waals surface area contributed by atoms with Gasteiger partial charge in [0.25, 0.3) is 0 Å². The molecule has 0 aromatic carbocycles. The molecule has 0 spiro atoms. The summed E-state index contributed by atoms with van der Waals surface area (Å²) in [6.45, 7) is 1.57. The van der Waals surface area contributed by atoms with Crippen LogP contribution in [0, 0.1) is 5.92 Å². The number of hydrogen-bond donors (Lipinski definition) is 2. The van der Waals surface area contributed by atoms with Gasteiger partial charge in [0, 0.05) is 32.5 Å². The van der Waals surface area contributed by atoms with E-state index < -0.39 is 0 Å². The van der Waals surface area contributed by atoms with Gasteiger partial charge in [-0.3, -0.25) is 0 Å². The Balaban J connectivity index is 1.67. The Bertz CT molecular complexity index is 291. The SMILES string of the molecule is Cn1ccc(CNCC(O)C2CC2)c1. The monoisotopic (exact) mass is 194 g/mol. The molecular weight excluding hydrogens is 176 g/mol. The van der Waals surface area contributed by atoms with Crippen molar-refractivity contribution in [1.82, 2.24) is 9.88 Å². The normalized spacial score (nSPS) is 18.4. The molecule has 2 N–H and O–H groups in total. The average Bonchev–Trinajstić information content (AvgIpc) is 2.92. The fourth-order valence-electron chi connectivity index (χ4n) is 1.68. The topological polar surface area (TPSA) is 37.2 Å². The molecule has 14 heavy (non-hydrogen) atoms. The van der Waals surface area contributed by atoms with Crippen molar-refractivity contribution >= 4 is 0 Å². The summed E-state index contributed by atoms with van der Waals surface area (Å²) in [4.78, 5) is 0. The van der Waals surface area contributed by atoms with Gasteiger partial charge in [0.05, 0.1) is 6.10 Å². The lowest BCUT2D eigenvalue weighted by atomic mass is 10.2. The van der Waals surface area contributed by atoms with Crippen LogP contribution in [0.25, 0.3) is 0 Å². The van der Waals surface area contributed by atoms with E-state index in [1.54, 1.807) is 0 Å². The minimum absolute atomic E-state index is 0.140. The fraction of sp³-hybridized carbons (Fsp3) is 0.636. The van der Waals surface area contributed by atoms with Gasteiger partial charge < -0.3 is 15.0 Å². The number of aliphatic hydroxyl groups excluding tert-OH is 1. The van der Waals surface area contributed by atoms with Gasteiger partial charge in [-0.2, -0.15) is 0 Å². The predicted octanol–water partition coefficient (Wildman–Crippen LogP) is 0.886. The molecule has 3 nitrogen and oxygen atoms in total. The zero-order valence-electron chi connectivity index (χ0n) is 8.61. The molecule has 1 fully saturated rings. The zero-order valence-corrected chi connectivity index (χ0v) is 8.61. The molecule has 0 saturated heterocycles. The Hall–Kier alpha value is -0.800. The number of rotatable bonds is 5. The van der Waals surface area contributed by atoms with Crippen LogP contribution >= 0.6 is 0 Å². The summed E-state index contributed by atoms with van der Waals surface area (Å²) in [5.41, 5.74) is 1.27. The van der Waals surface area contributed by atoms with E-state index in [-0.39, 0.29) is 6.10 Å². The van der Waals surface area contributed by atoms with Crippen LogP contribution in [0.15, 0.2) is 18.5 Å². The van der Waals surface area contributed by atoms with Gasteiger partial charge in [0.2, 0.25) is 0 Å². The number of nitrogens with zero attached hydrogens (tertiary/aromatic N) is 1. The molecule has 0 amide bonds. The molecule has 0 aliphatic heterocycles. The fourth-order valence-corrected chi connectivity index (χ4v) is 1.68. The van der Waals surface area contributed by atoms with Gasteiger partial charge in [0.15, 0.2) is 0 Å². The number of aromatic nitrogens is 1. The third-order valence-electron chi connectivity index (χ3n) is 2.74. The molecule has 1 aliphatic rings. The second kappa shape index (κ2) is 4.15. The minimum Gasteiger partial charge on any atom is -0.392 e. The first-order chi connectivity index (χ1) is 6.75. The predicted molar refractivity (Wildman–Crippen MR) is 55.9 cm³/mol. The Kier molecular flexibility index (Phi) is 2.89. The third kappa shape index (κ3) is 2.59. The quantitative estimate of drug-likeness (QED) is 0.730. The molecule has 1 unspecified atom stereocenters. The zero-order chi connectivity index (χ0) is 9.97. The van der Waals surface area contributed by atoms with Crippen molar-refractivity contribution in [2.24, 2.45) is 13.0 Å². The highest BCUT2D eigenvalue weighted by Gasteiger charge is 2.28. The maximum atomic E-state index is 9.60. The highest BCUT2D eigenvalue weighted by atomic mass is 16.3. The van der Waals surface area contributed by atoms with Crippen LogP contribution < -0.4 is 5.32 Å². The van der Waals surface area contributed by atoms with Crippen molar-refractivity contribution in [3.63, 3.8) is 0 Å². The van der Waals surface area contributed by atoms with Gasteiger partial charge in [-0.15, -0.1) is 0 Å². The molecule has 1 heterocycles. The van der Waals surface area contributed by atoms with Crippen LogP contribution in [0.4, 0.5) is 0 Å². The van der Waals surface area contributed by atoms with Gasteiger partial charge in [-0.25, -0.2) is 0 Å². The minimum atomic E-state index is -0.140. The Labute approximate surface area is 84.7 Å². The first kappa shape index (κ1) is 9.74. The van der Waals surface area contributed by atoms with E-state index in [4.69, 9.17) is 0 Å². The molecule has 1 aliphatic carbocycles. The second-order valence-electron chi connectivity index (χ2n) is 4.22. The molecule has 78 valence electrons. The van der Waals surface area contributed by atoms with Gasteiger partial charge in [-0.1, -0.05) is 0 Å². The molecule has 3 heteroatoms. The van der Waals surface area contributed by atoms with E-state index in [9.17, 15) is 5.11 Å². The van der Waals surface area contributed by atoms with E-state index in [1.807, 2.05) is 17.8 Å². The molecule has 1 saturated carbocycles. The summed E-state index contributed by atoms with van der Waals surface area (Å²) in [7, 11) is 2.02. The number of hydrogen-bond acceptors (Lipinski definition) is 2. The van der Waals surface area contributed by atoms with Crippen LogP contribution in [-0.4, -0.2) is 22.3 Å². The number of nitrogens with one attached hydrogen (secondary N) is 1. The van der Waals surface area contributed by atoms with Crippen LogP contribution in [0.1, 0.15) is 18.4 Å². The van der Waals surface area contributed by atoms with Crippen LogP contribution in [0.5, 0.6) is 0 Å². The highest BCUT2D eigenvalue weighted by molar-refractivity contribution is 5.09. The Morgan fingerprint density at radius 2 is 2.43 bits per heavy atom. The van der Waals surface area contributed by atoms with Crippen molar-refractivity contribution < 1.29 is 5.11 Å². The standard InChI is InChI=1S/C11H18N2O/c1-13-5-4-9(8-13)6-12-7-11(14)10-2-3-10/h4-5,8,10-12,14H,2-3,6-7H2,1H3. The molecule has 0 radical (unpaired) electrons. The van der Waals surface area contributed by atoms with Gasteiger partial charge in [-0.05, 0) is 30.4 Å². The average molecular weight is 194 g/mol. The highest BCUT2D eigenvalue weighted by Crippen LogP contribution is 2.32. The Morgan fingerprint density at radius 1 is 1.64 bits per heavy atom. The van der Waals surface area contributed by atoms with Crippen molar-refractivity contribution in [1.29, 1.82) is 0 Å². The maximum absolute atomic E-state index is 9.60. The van der Waals surface area contributed by atoms with E-state index in [1.165, 1.54) is 18.4 Å². The van der Waals surface area contributed by atoms with E-state index in [2.05, 4.69) is 17.6 Å². The van der Waals surface area contributed by atoms with Crippen molar-refractivity contribution in [2.45, 2.75) is 25.5 Å². The molecule has 1 atom stereocenters. The molecule has 0 bridgehead atoms. The number of aliphatic hydroxyl groups is 1. The summed E-state index contributed by atoms with van der Waals surface area (Å²) >= 11 is 0. The molecule has 1 aromatic heterocycles. The van der Waals surface area contributed by atoms with Gasteiger partial charge >= 0.3 is 0 Å². The van der Waals surface area contributed by atoms with Crippen LogP contribution in [-0.2, 0) is 13.6 Å². The number of aryl methyl sites for hydroxylation is 1. The van der Waals surface area contributed by atoms with E-state index in [0.717, 1.165) is 13.1 Å². The van der Waals surface area contributed by atoms with Crippen molar-refractivity contribution in [2.75, 3.05) is 6.54 Å². The first-order valence-electron chi connectivity index (χ1n) is 5.25. The summed E-state index contributed by atoms with van der Waals surface area (Å²) < 4.78 is 2.04. The molecule has 2 rings (SSSR count). The van der Waals surface area contributed by atoms with Gasteiger partial charge in [0.1, 0.15) is 0 Å². The Morgan fingerprint density at radius 3 is 3.00 bits per heavy atom. The molecular formula is C11H18N2O. The lowest BCUT2D eigenvalue weighted by molar-refractivity contribution is 0.148. The van der Waals surface area contributed by atoms with Crippen LogP contribution in [0.2, 0.25) is 0 Å². The smallest absolute Gasteiger partial charge is 0.0692 e. The summed E-state index contributed by atoms with van der Waals surface area (Å²) in [5.74, 6) is 0.568. The summed E-state index contributed by atoms with van der Waals surface area (Å²) in [6, 6.07) is 2.09.